The number of nitrogens with zero attached hydrogens (tertiary/aromatic N) is 3. The molecule has 10 heteroatoms. The predicted octanol–water partition coefficient (Wildman–Crippen LogP) is 6.18. The van der Waals surface area contributed by atoms with Crippen molar-refractivity contribution in [1.29, 1.82) is 0 Å². The van der Waals surface area contributed by atoms with Crippen molar-refractivity contribution in [2.75, 3.05) is 31.2 Å². The molecule has 0 aliphatic carbocycles. The maximum absolute atomic E-state index is 14.0. The molecule has 0 spiro atoms. The summed E-state index contributed by atoms with van der Waals surface area (Å²) < 4.78 is 26.1. The van der Waals surface area contributed by atoms with E-state index in [0.29, 0.717) is 40.8 Å². The lowest BCUT2D eigenvalue weighted by atomic mass is 9.74. The molecule has 3 aromatic carbocycles. The van der Waals surface area contributed by atoms with Crippen LogP contribution in [-0.2, 0) is 19.9 Å². The van der Waals surface area contributed by atoms with Gasteiger partial charge in [0.05, 0.1) is 18.9 Å². The SMILES string of the molecule is O=C1CC(c2ccc(N3CCOCC3)cc2)(c2cccc(Oc3ccc(F)cc3)n2)N(S)C(=O)C1c1ccccc1Cl. The third kappa shape index (κ3) is 5.24. The first kappa shape index (κ1) is 28.2. The summed E-state index contributed by atoms with van der Waals surface area (Å²) in [6.07, 6.45) is -0.0952. The van der Waals surface area contributed by atoms with Gasteiger partial charge in [-0.15, -0.1) is 0 Å². The Balaban J connectivity index is 1.43. The average Bonchev–Trinajstić information content (AvgIpc) is 3.02. The number of ketones is 1. The van der Waals surface area contributed by atoms with E-state index < -0.39 is 17.4 Å². The molecule has 2 aliphatic rings. The minimum atomic E-state index is -1.35. The molecule has 2 atom stereocenters. The zero-order valence-corrected chi connectivity index (χ0v) is 24.1. The summed E-state index contributed by atoms with van der Waals surface area (Å²) in [7, 11) is 0. The number of rotatable bonds is 6. The molecule has 6 rings (SSSR count). The van der Waals surface area contributed by atoms with Crippen LogP contribution in [0, 0.1) is 5.82 Å². The molecule has 1 aromatic heterocycles. The number of Topliss-reactive ketones (excluding diaryl/α,β-unsaturated/α-hetero) is 1. The maximum atomic E-state index is 14.0. The van der Waals surface area contributed by atoms with Gasteiger partial charge in [-0.25, -0.2) is 9.37 Å². The molecule has 2 fully saturated rings. The van der Waals surface area contributed by atoms with Gasteiger partial charge in [0, 0.05) is 36.3 Å². The Labute approximate surface area is 253 Å². The number of carbonyl (C=O) groups excluding carboxylic acids is 2. The quantitative estimate of drug-likeness (QED) is 0.210. The zero-order chi connectivity index (χ0) is 29.3. The lowest BCUT2D eigenvalue weighted by molar-refractivity contribution is -0.142. The van der Waals surface area contributed by atoms with Gasteiger partial charge in [-0.3, -0.25) is 13.9 Å². The summed E-state index contributed by atoms with van der Waals surface area (Å²) in [6.45, 7) is 2.83. The van der Waals surface area contributed by atoms with Crippen LogP contribution in [0.3, 0.4) is 0 Å². The van der Waals surface area contributed by atoms with Crippen LogP contribution in [-0.4, -0.2) is 47.3 Å². The highest BCUT2D eigenvalue weighted by Crippen LogP contribution is 2.48. The molecule has 0 saturated carbocycles. The van der Waals surface area contributed by atoms with Crippen LogP contribution in [0.25, 0.3) is 0 Å². The van der Waals surface area contributed by atoms with Crippen LogP contribution >= 0.6 is 24.4 Å². The highest BCUT2D eigenvalue weighted by atomic mass is 35.5. The second-order valence-electron chi connectivity index (χ2n) is 10.2. The minimum absolute atomic E-state index is 0.0952. The van der Waals surface area contributed by atoms with Crippen LogP contribution in [0.1, 0.15) is 29.2 Å². The first-order valence-electron chi connectivity index (χ1n) is 13.5. The minimum Gasteiger partial charge on any atom is -0.439 e. The van der Waals surface area contributed by atoms with Crippen molar-refractivity contribution in [1.82, 2.24) is 9.29 Å². The van der Waals surface area contributed by atoms with Crippen molar-refractivity contribution in [3.05, 3.63) is 119 Å². The maximum Gasteiger partial charge on any atom is 0.248 e. The van der Waals surface area contributed by atoms with Gasteiger partial charge in [-0.2, -0.15) is 0 Å². The fourth-order valence-electron chi connectivity index (χ4n) is 5.56. The monoisotopic (exact) mass is 603 g/mol. The lowest BCUT2D eigenvalue weighted by Crippen LogP contribution is -2.54. The molecule has 3 heterocycles. The molecule has 0 radical (unpaired) electrons. The predicted molar refractivity (Wildman–Crippen MR) is 161 cm³/mol. The van der Waals surface area contributed by atoms with Crippen LogP contribution in [0.15, 0.2) is 91.0 Å². The van der Waals surface area contributed by atoms with Gasteiger partial charge in [0.2, 0.25) is 11.8 Å². The fourth-order valence-corrected chi connectivity index (χ4v) is 6.21. The van der Waals surface area contributed by atoms with Crippen molar-refractivity contribution in [2.45, 2.75) is 17.9 Å². The number of aromatic nitrogens is 1. The van der Waals surface area contributed by atoms with E-state index >= 15 is 0 Å². The van der Waals surface area contributed by atoms with Crippen LogP contribution in [0.4, 0.5) is 10.1 Å². The van der Waals surface area contributed by atoms with Gasteiger partial charge in [0.25, 0.3) is 0 Å². The molecule has 0 bridgehead atoms. The van der Waals surface area contributed by atoms with E-state index in [1.54, 1.807) is 42.5 Å². The third-order valence-corrected chi connectivity index (χ3v) is 8.57. The molecule has 4 aromatic rings. The number of benzene rings is 3. The first-order chi connectivity index (χ1) is 20.4. The van der Waals surface area contributed by atoms with Gasteiger partial charge in [-0.05, 0) is 59.7 Å². The molecule has 0 N–H and O–H groups in total. The van der Waals surface area contributed by atoms with E-state index in [-0.39, 0.29) is 23.9 Å². The first-order valence-corrected chi connectivity index (χ1v) is 14.3. The van der Waals surface area contributed by atoms with Crippen LogP contribution < -0.4 is 9.64 Å². The number of pyridine rings is 1. The van der Waals surface area contributed by atoms with Crippen molar-refractivity contribution in [3.8, 4) is 11.6 Å². The molecule has 1 amide bonds. The molecular weight excluding hydrogens is 577 g/mol. The molecular formula is C32H27ClFN3O4S. The molecule has 214 valence electrons. The summed E-state index contributed by atoms with van der Waals surface area (Å²) in [6, 6.07) is 25.3. The standard InChI is InChI=1S/C32H27ClFN3O4S/c33-26-5-2-1-4-25(26)30-27(38)20-32(37(42)31(30)39,21-8-12-23(13-9-21)36-16-18-40-19-17-36)28-6-3-7-29(35-28)41-24-14-10-22(34)11-15-24/h1-15,30,42H,16-20H2. The molecule has 2 aliphatic heterocycles. The van der Waals surface area contributed by atoms with Gasteiger partial charge in [0.15, 0.2) is 5.78 Å². The highest BCUT2D eigenvalue weighted by Gasteiger charge is 2.53. The second-order valence-corrected chi connectivity index (χ2v) is 11.0. The largest absolute Gasteiger partial charge is 0.439 e. The molecule has 2 unspecified atom stereocenters. The van der Waals surface area contributed by atoms with Gasteiger partial charge < -0.3 is 14.4 Å². The summed E-state index contributed by atoms with van der Waals surface area (Å²) in [4.78, 5) is 34.9. The molecule has 42 heavy (non-hydrogen) atoms. The third-order valence-electron chi connectivity index (χ3n) is 7.69. The summed E-state index contributed by atoms with van der Waals surface area (Å²) in [5.41, 5.74) is 1.16. The Hall–Kier alpha value is -3.92. The normalized spacial score (nSPS) is 21.0. The van der Waals surface area contributed by atoms with E-state index in [9.17, 15) is 14.0 Å². The molecule has 2 saturated heterocycles. The topological polar surface area (TPSA) is 72.0 Å². The Bertz CT molecular complexity index is 1620. The Morgan fingerprint density at radius 1 is 0.929 bits per heavy atom. The fraction of sp³-hybridized carbons (Fsp3) is 0.219. The van der Waals surface area contributed by atoms with E-state index in [1.807, 2.05) is 24.3 Å². The zero-order valence-electron chi connectivity index (χ0n) is 22.5. The number of amides is 1. The number of piperidine rings is 1. The number of carbonyl (C=O) groups is 2. The van der Waals surface area contributed by atoms with Crippen LogP contribution in [0.2, 0.25) is 5.02 Å². The van der Waals surface area contributed by atoms with E-state index in [2.05, 4.69) is 4.90 Å². The summed E-state index contributed by atoms with van der Waals surface area (Å²) >= 11 is 11.2. The number of hydrogen-bond acceptors (Lipinski definition) is 7. The highest BCUT2D eigenvalue weighted by molar-refractivity contribution is 7.78. The average molecular weight is 604 g/mol. The Kier molecular flexibility index (Phi) is 7.90. The van der Waals surface area contributed by atoms with Crippen LogP contribution in [0.5, 0.6) is 11.6 Å². The number of hydrogen-bond donors (Lipinski definition) is 1. The van der Waals surface area contributed by atoms with Gasteiger partial charge in [0.1, 0.15) is 23.0 Å². The summed E-state index contributed by atoms with van der Waals surface area (Å²) in [5, 5.41) is 0.334. The lowest BCUT2D eigenvalue weighted by Gasteiger charge is -2.45. The second kappa shape index (κ2) is 11.8. The van der Waals surface area contributed by atoms with Crippen molar-refractivity contribution >= 4 is 41.8 Å². The summed E-state index contributed by atoms with van der Waals surface area (Å²) in [5.74, 6) is -1.69. The molecule has 7 nitrogen and oxygen atoms in total. The smallest absolute Gasteiger partial charge is 0.248 e. The number of anilines is 1. The number of morpholine rings is 1. The van der Waals surface area contributed by atoms with Gasteiger partial charge >= 0.3 is 0 Å². The Morgan fingerprint density at radius 3 is 2.36 bits per heavy atom. The Morgan fingerprint density at radius 2 is 1.64 bits per heavy atom. The van der Waals surface area contributed by atoms with E-state index in [0.717, 1.165) is 18.8 Å². The van der Waals surface area contributed by atoms with E-state index in [4.69, 9.17) is 38.9 Å². The number of ether oxygens (including phenoxy) is 2. The van der Waals surface area contributed by atoms with Crippen molar-refractivity contribution in [3.63, 3.8) is 0 Å². The number of thiol groups is 1. The van der Waals surface area contributed by atoms with Crippen molar-refractivity contribution < 1.29 is 23.5 Å². The van der Waals surface area contributed by atoms with E-state index in [1.165, 1.54) is 28.6 Å². The number of halogens is 2. The van der Waals surface area contributed by atoms with Gasteiger partial charge in [-0.1, -0.05) is 60.8 Å². The van der Waals surface area contributed by atoms with Crippen molar-refractivity contribution in [2.24, 2.45) is 0 Å².